The highest BCUT2D eigenvalue weighted by molar-refractivity contribution is 5.83. The standard InChI is InChI=1S/C14H19NO3/c1-10(11-5-7-12(17-4)8-6-11)15-13(16)14(2,3)9-18-15/h5-8,10H,9H2,1-4H3. The van der Waals surface area contributed by atoms with Crippen molar-refractivity contribution < 1.29 is 14.4 Å². The summed E-state index contributed by atoms with van der Waals surface area (Å²) >= 11 is 0. The van der Waals surface area contributed by atoms with Crippen LogP contribution in [0.4, 0.5) is 0 Å². The van der Waals surface area contributed by atoms with Gasteiger partial charge in [0.2, 0.25) is 0 Å². The van der Waals surface area contributed by atoms with Gasteiger partial charge in [0.1, 0.15) is 5.75 Å². The third kappa shape index (κ3) is 2.20. The lowest BCUT2D eigenvalue weighted by Gasteiger charge is -2.24. The molecule has 1 aromatic carbocycles. The van der Waals surface area contributed by atoms with Crippen LogP contribution in [0.3, 0.4) is 0 Å². The Balaban J connectivity index is 2.16. The maximum Gasteiger partial charge on any atom is 0.254 e. The third-order valence-electron chi connectivity index (χ3n) is 3.29. The van der Waals surface area contributed by atoms with Gasteiger partial charge in [-0.25, -0.2) is 5.06 Å². The molecular formula is C14H19NO3. The SMILES string of the molecule is COc1ccc(C(C)N2OCC(C)(C)C2=O)cc1. The highest BCUT2D eigenvalue weighted by atomic mass is 16.7. The molecule has 1 fully saturated rings. The first-order chi connectivity index (χ1) is 8.45. The van der Waals surface area contributed by atoms with Gasteiger partial charge in [-0.2, -0.15) is 0 Å². The number of hydrogen-bond donors (Lipinski definition) is 0. The molecular weight excluding hydrogens is 230 g/mol. The van der Waals surface area contributed by atoms with Crippen LogP contribution in [0.1, 0.15) is 32.4 Å². The Morgan fingerprint density at radius 3 is 2.39 bits per heavy atom. The lowest BCUT2D eigenvalue weighted by Crippen LogP contribution is -2.32. The first kappa shape index (κ1) is 12.9. The molecule has 1 aliphatic rings. The van der Waals surface area contributed by atoms with Gasteiger partial charge in [0, 0.05) is 0 Å². The highest BCUT2D eigenvalue weighted by Crippen LogP contribution is 2.33. The Hall–Kier alpha value is -1.55. The minimum Gasteiger partial charge on any atom is -0.497 e. The number of ether oxygens (including phenoxy) is 1. The quantitative estimate of drug-likeness (QED) is 0.826. The van der Waals surface area contributed by atoms with Gasteiger partial charge in [0.15, 0.2) is 0 Å². The largest absolute Gasteiger partial charge is 0.497 e. The number of carbonyl (C=O) groups is 1. The van der Waals surface area contributed by atoms with Gasteiger partial charge >= 0.3 is 0 Å². The number of benzene rings is 1. The number of hydroxylamine groups is 2. The second kappa shape index (κ2) is 4.61. The number of hydrogen-bond acceptors (Lipinski definition) is 3. The molecule has 1 aliphatic heterocycles. The van der Waals surface area contributed by atoms with Crippen molar-refractivity contribution in [3.05, 3.63) is 29.8 Å². The van der Waals surface area contributed by atoms with Crippen molar-refractivity contribution in [1.82, 2.24) is 5.06 Å². The van der Waals surface area contributed by atoms with Crippen LogP contribution >= 0.6 is 0 Å². The van der Waals surface area contributed by atoms with Gasteiger partial charge in [-0.1, -0.05) is 12.1 Å². The summed E-state index contributed by atoms with van der Waals surface area (Å²) in [5.41, 5.74) is 0.600. The Morgan fingerprint density at radius 1 is 1.33 bits per heavy atom. The summed E-state index contributed by atoms with van der Waals surface area (Å²) in [6, 6.07) is 7.58. The second-order valence-electron chi connectivity index (χ2n) is 5.24. The van der Waals surface area contributed by atoms with Crippen LogP contribution in [-0.4, -0.2) is 24.7 Å². The minimum atomic E-state index is -0.430. The second-order valence-corrected chi connectivity index (χ2v) is 5.24. The molecule has 1 unspecified atom stereocenters. The van der Waals surface area contributed by atoms with E-state index in [1.54, 1.807) is 7.11 Å². The van der Waals surface area contributed by atoms with Crippen molar-refractivity contribution in [2.45, 2.75) is 26.8 Å². The van der Waals surface area contributed by atoms with Crippen molar-refractivity contribution >= 4 is 5.91 Å². The predicted molar refractivity (Wildman–Crippen MR) is 68.0 cm³/mol. The van der Waals surface area contributed by atoms with Crippen LogP contribution in [0, 0.1) is 5.41 Å². The summed E-state index contributed by atoms with van der Waals surface area (Å²) < 4.78 is 5.12. The summed E-state index contributed by atoms with van der Waals surface area (Å²) in [5.74, 6) is 0.839. The Kier molecular flexibility index (Phi) is 3.30. The molecule has 0 N–H and O–H groups in total. The fourth-order valence-corrected chi connectivity index (χ4v) is 1.96. The van der Waals surface area contributed by atoms with Crippen molar-refractivity contribution in [3.8, 4) is 5.75 Å². The van der Waals surface area contributed by atoms with Crippen LogP contribution < -0.4 is 4.74 Å². The van der Waals surface area contributed by atoms with E-state index in [0.29, 0.717) is 6.61 Å². The lowest BCUT2D eigenvalue weighted by atomic mass is 9.94. The summed E-state index contributed by atoms with van der Waals surface area (Å²) in [6.07, 6.45) is 0. The maximum absolute atomic E-state index is 12.1. The molecule has 1 aromatic rings. The molecule has 0 radical (unpaired) electrons. The molecule has 0 bridgehead atoms. The molecule has 4 heteroatoms. The smallest absolute Gasteiger partial charge is 0.254 e. The summed E-state index contributed by atoms with van der Waals surface area (Å²) in [7, 11) is 1.63. The van der Waals surface area contributed by atoms with E-state index in [2.05, 4.69) is 0 Å². The van der Waals surface area contributed by atoms with Crippen LogP contribution in [0.15, 0.2) is 24.3 Å². The van der Waals surface area contributed by atoms with E-state index in [1.165, 1.54) is 5.06 Å². The Labute approximate surface area is 107 Å². The molecule has 98 valence electrons. The zero-order chi connectivity index (χ0) is 13.3. The molecule has 0 spiro atoms. The van der Waals surface area contributed by atoms with Crippen molar-refractivity contribution in [2.24, 2.45) is 5.41 Å². The van der Waals surface area contributed by atoms with Gasteiger partial charge in [-0.05, 0) is 38.5 Å². The first-order valence-corrected chi connectivity index (χ1v) is 6.06. The van der Waals surface area contributed by atoms with E-state index in [0.717, 1.165) is 11.3 Å². The first-order valence-electron chi connectivity index (χ1n) is 6.06. The molecule has 2 rings (SSSR count). The van der Waals surface area contributed by atoms with E-state index in [1.807, 2.05) is 45.0 Å². The van der Waals surface area contributed by atoms with Gasteiger partial charge in [0.05, 0.1) is 25.2 Å². The molecule has 1 atom stereocenters. The van der Waals surface area contributed by atoms with Gasteiger partial charge in [-0.15, -0.1) is 0 Å². The number of nitrogens with zero attached hydrogens (tertiary/aromatic N) is 1. The normalized spacial score (nSPS) is 20.0. The summed E-state index contributed by atoms with van der Waals surface area (Å²) in [4.78, 5) is 17.6. The molecule has 1 heterocycles. The number of carbonyl (C=O) groups excluding carboxylic acids is 1. The number of methoxy groups -OCH3 is 1. The van der Waals surface area contributed by atoms with Crippen LogP contribution in [0.2, 0.25) is 0 Å². The average molecular weight is 249 g/mol. The zero-order valence-electron chi connectivity index (χ0n) is 11.3. The number of amides is 1. The highest BCUT2D eigenvalue weighted by Gasteiger charge is 2.42. The van der Waals surface area contributed by atoms with E-state index in [-0.39, 0.29) is 11.9 Å². The molecule has 18 heavy (non-hydrogen) atoms. The van der Waals surface area contributed by atoms with Gasteiger partial charge < -0.3 is 4.74 Å². The molecule has 0 saturated carbocycles. The van der Waals surface area contributed by atoms with Gasteiger partial charge in [0.25, 0.3) is 5.91 Å². The van der Waals surface area contributed by atoms with E-state index < -0.39 is 5.41 Å². The van der Waals surface area contributed by atoms with Crippen molar-refractivity contribution in [1.29, 1.82) is 0 Å². The zero-order valence-corrected chi connectivity index (χ0v) is 11.3. The van der Waals surface area contributed by atoms with Crippen LogP contribution in [0.5, 0.6) is 5.75 Å². The summed E-state index contributed by atoms with van der Waals surface area (Å²) in [6.45, 7) is 6.19. The predicted octanol–water partition coefficient (Wildman–Crippen LogP) is 2.56. The fourth-order valence-electron chi connectivity index (χ4n) is 1.96. The Morgan fingerprint density at radius 2 is 1.94 bits per heavy atom. The van der Waals surface area contributed by atoms with Crippen LogP contribution in [0.25, 0.3) is 0 Å². The molecule has 4 nitrogen and oxygen atoms in total. The topological polar surface area (TPSA) is 38.8 Å². The molecule has 0 aromatic heterocycles. The van der Waals surface area contributed by atoms with Crippen molar-refractivity contribution in [3.63, 3.8) is 0 Å². The monoisotopic (exact) mass is 249 g/mol. The minimum absolute atomic E-state index is 0.0332. The van der Waals surface area contributed by atoms with E-state index in [4.69, 9.17) is 9.57 Å². The van der Waals surface area contributed by atoms with E-state index >= 15 is 0 Å². The number of rotatable bonds is 3. The van der Waals surface area contributed by atoms with E-state index in [9.17, 15) is 4.79 Å². The average Bonchev–Trinajstić information content (AvgIpc) is 2.64. The maximum atomic E-state index is 12.1. The fraction of sp³-hybridized carbons (Fsp3) is 0.500. The third-order valence-corrected chi connectivity index (χ3v) is 3.29. The molecule has 0 aliphatic carbocycles. The molecule has 1 saturated heterocycles. The lowest BCUT2D eigenvalue weighted by molar-refractivity contribution is -0.173. The van der Waals surface area contributed by atoms with Gasteiger partial charge in [-0.3, -0.25) is 9.63 Å². The Bertz CT molecular complexity index is 439. The summed E-state index contributed by atoms with van der Waals surface area (Å²) in [5, 5.41) is 1.47. The van der Waals surface area contributed by atoms with Crippen molar-refractivity contribution in [2.75, 3.05) is 13.7 Å². The molecule has 1 amide bonds. The van der Waals surface area contributed by atoms with Crippen LogP contribution in [-0.2, 0) is 9.63 Å².